The van der Waals surface area contributed by atoms with E-state index in [4.69, 9.17) is 5.73 Å². The summed E-state index contributed by atoms with van der Waals surface area (Å²) in [6.07, 6.45) is 7.15. The molecule has 4 nitrogen and oxygen atoms in total. The maximum atomic E-state index is 12.1. The molecule has 0 aromatic rings. The minimum absolute atomic E-state index is 0.147. The molecule has 0 aromatic carbocycles. The van der Waals surface area contributed by atoms with Crippen LogP contribution in [0.15, 0.2) is 0 Å². The number of hydrogen-bond donors (Lipinski definition) is 2. The standard InChI is InChI=1S/C16H31N3O/c1-3-9-18-16(15(17)20,14-5-6-14)12-19-10-7-13(4-2)8-11-19/h13-14,18H,3-12H2,1-2H3,(H2,17,20). The van der Waals surface area contributed by atoms with Gasteiger partial charge in [-0.2, -0.15) is 0 Å². The van der Waals surface area contributed by atoms with Crippen molar-refractivity contribution in [3.05, 3.63) is 0 Å². The SMILES string of the molecule is CCCNC(CN1CCC(CC)CC1)(C(N)=O)C1CC1. The number of carbonyl (C=O) groups is 1. The van der Waals surface area contributed by atoms with Gasteiger partial charge in [0.2, 0.25) is 5.91 Å². The second kappa shape index (κ2) is 6.90. The first-order chi connectivity index (χ1) is 9.62. The van der Waals surface area contributed by atoms with Crippen molar-refractivity contribution in [2.75, 3.05) is 26.2 Å². The molecule has 1 atom stereocenters. The summed E-state index contributed by atoms with van der Waals surface area (Å²) in [6.45, 7) is 8.34. The fourth-order valence-electron chi connectivity index (χ4n) is 3.53. The summed E-state index contributed by atoms with van der Waals surface area (Å²) in [5.74, 6) is 1.18. The van der Waals surface area contributed by atoms with E-state index in [1.165, 1.54) is 19.3 Å². The van der Waals surface area contributed by atoms with Crippen molar-refractivity contribution >= 4 is 5.91 Å². The summed E-state index contributed by atoms with van der Waals surface area (Å²) in [4.78, 5) is 14.6. The Labute approximate surface area is 123 Å². The fraction of sp³-hybridized carbons (Fsp3) is 0.938. The van der Waals surface area contributed by atoms with Gasteiger partial charge in [0.15, 0.2) is 0 Å². The Bertz CT molecular complexity index is 322. The number of hydrogen-bond acceptors (Lipinski definition) is 3. The normalized spacial score (nSPS) is 24.5. The zero-order valence-corrected chi connectivity index (χ0v) is 13.2. The highest BCUT2D eigenvalue weighted by molar-refractivity contribution is 5.86. The molecule has 2 rings (SSSR count). The number of piperidine rings is 1. The van der Waals surface area contributed by atoms with E-state index in [2.05, 4.69) is 24.1 Å². The third-order valence-electron chi connectivity index (χ3n) is 5.16. The lowest BCUT2D eigenvalue weighted by Gasteiger charge is -2.40. The van der Waals surface area contributed by atoms with Gasteiger partial charge in [-0.1, -0.05) is 20.3 Å². The minimum Gasteiger partial charge on any atom is -0.368 e. The first-order valence-corrected chi connectivity index (χ1v) is 8.39. The molecule has 116 valence electrons. The summed E-state index contributed by atoms with van der Waals surface area (Å²) < 4.78 is 0. The molecular weight excluding hydrogens is 250 g/mol. The molecule has 1 heterocycles. The van der Waals surface area contributed by atoms with Gasteiger partial charge in [0.1, 0.15) is 5.54 Å². The zero-order chi connectivity index (χ0) is 14.6. The van der Waals surface area contributed by atoms with Gasteiger partial charge in [-0.25, -0.2) is 0 Å². The van der Waals surface area contributed by atoms with Crippen LogP contribution in [0.5, 0.6) is 0 Å². The Morgan fingerprint density at radius 3 is 2.35 bits per heavy atom. The van der Waals surface area contributed by atoms with Crippen LogP contribution in [0.2, 0.25) is 0 Å². The molecule has 2 fully saturated rings. The number of nitrogens with two attached hydrogens (primary N) is 1. The molecular formula is C16H31N3O. The summed E-state index contributed by atoms with van der Waals surface area (Å²) >= 11 is 0. The van der Waals surface area contributed by atoms with Crippen molar-refractivity contribution in [1.82, 2.24) is 10.2 Å². The lowest BCUT2D eigenvalue weighted by molar-refractivity contribution is -0.126. The zero-order valence-electron chi connectivity index (χ0n) is 13.2. The second-order valence-corrected chi connectivity index (χ2v) is 6.66. The Hall–Kier alpha value is -0.610. The van der Waals surface area contributed by atoms with Gasteiger partial charge in [-0.05, 0) is 63.6 Å². The van der Waals surface area contributed by atoms with Crippen molar-refractivity contribution in [3.63, 3.8) is 0 Å². The van der Waals surface area contributed by atoms with E-state index >= 15 is 0 Å². The molecule has 20 heavy (non-hydrogen) atoms. The number of nitrogens with one attached hydrogen (secondary N) is 1. The molecule has 1 saturated heterocycles. The molecule has 1 aliphatic carbocycles. The first-order valence-electron chi connectivity index (χ1n) is 8.39. The smallest absolute Gasteiger partial charge is 0.239 e. The molecule has 0 spiro atoms. The van der Waals surface area contributed by atoms with Gasteiger partial charge in [0, 0.05) is 6.54 Å². The van der Waals surface area contributed by atoms with Crippen LogP contribution in [-0.4, -0.2) is 42.5 Å². The number of amides is 1. The summed E-state index contributed by atoms with van der Waals surface area (Å²) in [5, 5.41) is 3.50. The van der Waals surface area contributed by atoms with Crippen LogP contribution in [0.3, 0.4) is 0 Å². The maximum Gasteiger partial charge on any atom is 0.239 e. The third-order valence-corrected chi connectivity index (χ3v) is 5.16. The van der Waals surface area contributed by atoms with Crippen molar-refractivity contribution in [2.45, 2.75) is 57.9 Å². The Morgan fingerprint density at radius 2 is 1.90 bits per heavy atom. The van der Waals surface area contributed by atoms with Crippen LogP contribution in [0.1, 0.15) is 52.4 Å². The van der Waals surface area contributed by atoms with Crippen molar-refractivity contribution in [1.29, 1.82) is 0 Å². The van der Waals surface area contributed by atoms with Gasteiger partial charge >= 0.3 is 0 Å². The summed E-state index contributed by atoms with van der Waals surface area (Å²) in [6, 6.07) is 0. The predicted octanol–water partition coefficient (Wildman–Crippen LogP) is 1.74. The number of nitrogens with zero attached hydrogens (tertiary/aromatic N) is 1. The molecule has 1 aliphatic heterocycles. The lowest BCUT2D eigenvalue weighted by atomic mass is 9.88. The highest BCUT2D eigenvalue weighted by Crippen LogP contribution is 2.40. The molecule has 2 aliphatic rings. The van der Waals surface area contributed by atoms with Gasteiger partial charge in [0.05, 0.1) is 0 Å². The van der Waals surface area contributed by atoms with Crippen molar-refractivity contribution in [3.8, 4) is 0 Å². The molecule has 3 N–H and O–H groups in total. The van der Waals surface area contributed by atoms with Crippen molar-refractivity contribution in [2.24, 2.45) is 17.6 Å². The van der Waals surface area contributed by atoms with Crippen LogP contribution in [0, 0.1) is 11.8 Å². The average molecular weight is 281 g/mol. The number of primary amides is 1. The van der Waals surface area contributed by atoms with Crippen molar-refractivity contribution < 1.29 is 4.79 Å². The van der Waals surface area contributed by atoms with Crippen LogP contribution in [-0.2, 0) is 4.79 Å². The number of rotatable bonds is 8. The van der Waals surface area contributed by atoms with Gasteiger partial charge in [0.25, 0.3) is 0 Å². The van der Waals surface area contributed by atoms with Crippen LogP contribution >= 0.6 is 0 Å². The molecule has 1 unspecified atom stereocenters. The molecule has 1 saturated carbocycles. The van der Waals surface area contributed by atoms with Gasteiger partial charge < -0.3 is 16.0 Å². The molecule has 4 heteroatoms. The van der Waals surface area contributed by atoms with E-state index in [0.29, 0.717) is 5.92 Å². The van der Waals surface area contributed by atoms with E-state index in [1.54, 1.807) is 0 Å². The quantitative estimate of drug-likeness (QED) is 0.712. The van der Waals surface area contributed by atoms with E-state index in [0.717, 1.165) is 51.4 Å². The number of carbonyl (C=O) groups excluding carboxylic acids is 1. The average Bonchev–Trinajstić information content (AvgIpc) is 3.28. The molecule has 0 aromatic heterocycles. The Morgan fingerprint density at radius 1 is 1.25 bits per heavy atom. The van der Waals surface area contributed by atoms with E-state index in [-0.39, 0.29) is 5.91 Å². The van der Waals surface area contributed by atoms with E-state index in [9.17, 15) is 4.79 Å². The minimum atomic E-state index is -0.477. The largest absolute Gasteiger partial charge is 0.368 e. The molecule has 0 bridgehead atoms. The Kier molecular flexibility index (Phi) is 5.44. The lowest BCUT2D eigenvalue weighted by Crippen LogP contribution is -2.64. The van der Waals surface area contributed by atoms with Crippen LogP contribution in [0.25, 0.3) is 0 Å². The van der Waals surface area contributed by atoms with E-state index in [1.807, 2.05) is 0 Å². The molecule has 1 amide bonds. The van der Waals surface area contributed by atoms with Gasteiger partial charge in [-0.15, -0.1) is 0 Å². The van der Waals surface area contributed by atoms with Gasteiger partial charge in [-0.3, -0.25) is 4.79 Å². The first kappa shape index (κ1) is 15.8. The monoisotopic (exact) mass is 281 g/mol. The summed E-state index contributed by atoms with van der Waals surface area (Å²) in [5.41, 5.74) is 5.32. The fourth-order valence-corrected chi connectivity index (χ4v) is 3.53. The molecule has 0 radical (unpaired) electrons. The summed E-state index contributed by atoms with van der Waals surface area (Å²) in [7, 11) is 0. The topological polar surface area (TPSA) is 58.4 Å². The predicted molar refractivity (Wildman–Crippen MR) is 82.4 cm³/mol. The van der Waals surface area contributed by atoms with Crippen LogP contribution < -0.4 is 11.1 Å². The Balaban J connectivity index is 1.98. The maximum absolute atomic E-state index is 12.1. The second-order valence-electron chi connectivity index (χ2n) is 6.66. The van der Waals surface area contributed by atoms with E-state index < -0.39 is 5.54 Å². The third kappa shape index (κ3) is 3.53. The highest BCUT2D eigenvalue weighted by atomic mass is 16.1. The van der Waals surface area contributed by atoms with Crippen LogP contribution in [0.4, 0.5) is 0 Å². The number of likely N-dealkylation sites (tertiary alicyclic amines) is 1. The highest BCUT2D eigenvalue weighted by Gasteiger charge is 2.50.